The van der Waals surface area contributed by atoms with Crippen molar-refractivity contribution in [1.29, 1.82) is 0 Å². The Morgan fingerprint density at radius 2 is 1.36 bits per heavy atom. The Morgan fingerprint density at radius 3 is 2.00 bits per heavy atom. The molecule has 0 aromatic heterocycles. The summed E-state index contributed by atoms with van der Waals surface area (Å²) in [7, 11) is 0. The molecule has 3 aromatic carbocycles. The molecule has 0 heterocycles. The zero-order valence-electron chi connectivity index (χ0n) is 14.2. The molecule has 28 heavy (non-hydrogen) atoms. The molecular weight excluding hydrogens is 423 g/mol. The molecule has 8 heteroatoms. The summed E-state index contributed by atoms with van der Waals surface area (Å²) in [5.41, 5.74) is 1.12. The number of halogens is 3. The van der Waals surface area contributed by atoms with Crippen molar-refractivity contribution in [3.05, 3.63) is 86.9 Å². The first kappa shape index (κ1) is 20.0. The average molecular weight is 436 g/mol. The lowest BCUT2D eigenvalue weighted by atomic mass is 10.1. The highest BCUT2D eigenvalue weighted by molar-refractivity contribution is 6.46. The highest BCUT2D eigenvalue weighted by atomic mass is 35.5. The Balaban J connectivity index is 1.80. The molecule has 5 nitrogen and oxygen atoms in total. The van der Waals surface area contributed by atoms with Crippen molar-refractivity contribution in [2.45, 2.75) is 0 Å². The molecule has 0 aliphatic rings. The second-order valence-corrected chi connectivity index (χ2v) is 6.93. The number of carbonyl (C=O) groups excluding carboxylic acids is 2. The SMILES string of the molecule is O=C(Nc1cccc(NC(=O)c2c(O)c(Cl)cc(Cl)c2Cl)c1)c1ccccc1. The van der Waals surface area contributed by atoms with Gasteiger partial charge < -0.3 is 15.7 Å². The maximum Gasteiger partial charge on any atom is 0.261 e. The van der Waals surface area contributed by atoms with Crippen LogP contribution in [0.15, 0.2) is 60.7 Å². The van der Waals surface area contributed by atoms with Crippen molar-refractivity contribution in [1.82, 2.24) is 0 Å². The Hall–Kier alpha value is -2.73. The predicted octanol–water partition coefficient (Wildman–Crippen LogP) is 5.86. The van der Waals surface area contributed by atoms with Gasteiger partial charge in [-0.3, -0.25) is 9.59 Å². The van der Waals surface area contributed by atoms with Crippen LogP contribution in [-0.4, -0.2) is 16.9 Å². The van der Waals surface area contributed by atoms with Crippen LogP contribution < -0.4 is 10.6 Å². The van der Waals surface area contributed by atoms with Gasteiger partial charge in [0.15, 0.2) is 0 Å². The van der Waals surface area contributed by atoms with Crippen LogP contribution in [0.3, 0.4) is 0 Å². The van der Waals surface area contributed by atoms with E-state index in [1.165, 1.54) is 6.07 Å². The van der Waals surface area contributed by atoms with Crippen molar-refractivity contribution in [2.24, 2.45) is 0 Å². The number of benzene rings is 3. The van der Waals surface area contributed by atoms with Gasteiger partial charge in [0.05, 0.1) is 15.1 Å². The number of rotatable bonds is 4. The minimum atomic E-state index is -0.696. The molecule has 0 unspecified atom stereocenters. The fraction of sp³-hybridized carbons (Fsp3) is 0. The number of hydrogen-bond donors (Lipinski definition) is 3. The normalized spacial score (nSPS) is 10.4. The van der Waals surface area contributed by atoms with Crippen LogP contribution >= 0.6 is 34.8 Å². The number of phenolic OH excluding ortho intramolecular Hbond substituents is 1. The van der Waals surface area contributed by atoms with Gasteiger partial charge in [-0.2, -0.15) is 0 Å². The predicted molar refractivity (Wildman–Crippen MR) is 112 cm³/mol. The topological polar surface area (TPSA) is 78.4 Å². The van der Waals surface area contributed by atoms with Gasteiger partial charge in [-0.05, 0) is 36.4 Å². The van der Waals surface area contributed by atoms with Crippen molar-refractivity contribution in [2.75, 3.05) is 10.6 Å². The lowest BCUT2D eigenvalue weighted by Gasteiger charge is -2.12. The molecule has 142 valence electrons. The zero-order valence-corrected chi connectivity index (χ0v) is 16.4. The van der Waals surface area contributed by atoms with Crippen LogP contribution in [0.2, 0.25) is 15.1 Å². The first-order chi connectivity index (χ1) is 13.4. The summed E-state index contributed by atoms with van der Waals surface area (Å²) in [5.74, 6) is -1.45. The van der Waals surface area contributed by atoms with Crippen LogP contribution in [0.1, 0.15) is 20.7 Å². The summed E-state index contributed by atoms with van der Waals surface area (Å²) < 4.78 is 0. The number of nitrogens with one attached hydrogen (secondary N) is 2. The number of anilines is 2. The molecule has 2 amide bonds. The highest BCUT2D eigenvalue weighted by Gasteiger charge is 2.21. The molecule has 0 fully saturated rings. The maximum absolute atomic E-state index is 12.6. The highest BCUT2D eigenvalue weighted by Crippen LogP contribution is 2.38. The minimum absolute atomic E-state index is 0.0403. The number of aromatic hydroxyl groups is 1. The third-order valence-corrected chi connectivity index (χ3v) is 4.86. The molecule has 0 aliphatic carbocycles. The van der Waals surface area contributed by atoms with E-state index in [-0.39, 0.29) is 26.5 Å². The van der Waals surface area contributed by atoms with E-state index in [4.69, 9.17) is 34.8 Å². The molecule has 3 N–H and O–H groups in total. The average Bonchev–Trinajstić information content (AvgIpc) is 2.67. The molecule has 3 rings (SSSR count). The molecule has 3 aromatic rings. The van der Waals surface area contributed by atoms with Crippen molar-refractivity contribution < 1.29 is 14.7 Å². The number of carbonyl (C=O) groups is 2. The second kappa shape index (κ2) is 8.52. The lowest BCUT2D eigenvalue weighted by Crippen LogP contribution is -2.14. The number of hydrogen-bond acceptors (Lipinski definition) is 3. The summed E-state index contributed by atoms with van der Waals surface area (Å²) in [6.07, 6.45) is 0. The molecule has 0 bridgehead atoms. The molecule has 0 spiro atoms. The monoisotopic (exact) mass is 434 g/mol. The van der Waals surface area contributed by atoms with E-state index < -0.39 is 11.7 Å². The molecule has 0 radical (unpaired) electrons. The largest absolute Gasteiger partial charge is 0.505 e. The van der Waals surface area contributed by atoms with Gasteiger partial charge in [0.1, 0.15) is 11.3 Å². The van der Waals surface area contributed by atoms with E-state index >= 15 is 0 Å². The van der Waals surface area contributed by atoms with E-state index in [1.807, 2.05) is 6.07 Å². The number of phenols is 1. The Labute approximate surface area is 175 Å². The molecule has 0 saturated carbocycles. The first-order valence-corrected chi connectivity index (χ1v) is 9.14. The smallest absolute Gasteiger partial charge is 0.261 e. The van der Waals surface area contributed by atoms with Crippen LogP contribution in [-0.2, 0) is 0 Å². The van der Waals surface area contributed by atoms with E-state index in [0.717, 1.165) is 0 Å². The lowest BCUT2D eigenvalue weighted by molar-refractivity contribution is 0.101. The van der Waals surface area contributed by atoms with Gasteiger partial charge in [0, 0.05) is 16.9 Å². The van der Waals surface area contributed by atoms with Gasteiger partial charge in [0.25, 0.3) is 11.8 Å². The Morgan fingerprint density at radius 1 is 0.750 bits per heavy atom. The third-order valence-electron chi connectivity index (χ3n) is 3.79. The van der Waals surface area contributed by atoms with Crippen molar-refractivity contribution in [3.8, 4) is 5.75 Å². The maximum atomic E-state index is 12.6. The standard InChI is InChI=1S/C20H13Cl3N2O3/c21-14-10-15(22)18(26)16(17(14)23)20(28)25-13-8-4-7-12(9-13)24-19(27)11-5-2-1-3-6-11/h1-10,26H,(H,24,27)(H,25,28). The zero-order chi connectivity index (χ0) is 20.3. The van der Waals surface area contributed by atoms with E-state index in [9.17, 15) is 14.7 Å². The second-order valence-electron chi connectivity index (χ2n) is 5.73. The quantitative estimate of drug-likeness (QED) is 0.449. The van der Waals surface area contributed by atoms with Gasteiger partial charge in [-0.15, -0.1) is 0 Å². The summed E-state index contributed by atoms with van der Waals surface area (Å²) >= 11 is 17.8. The first-order valence-electron chi connectivity index (χ1n) is 8.01. The minimum Gasteiger partial charge on any atom is -0.505 e. The fourth-order valence-electron chi connectivity index (χ4n) is 2.45. The third kappa shape index (κ3) is 4.39. The fourth-order valence-corrected chi connectivity index (χ4v) is 3.15. The Bertz CT molecular complexity index is 1030. The van der Waals surface area contributed by atoms with E-state index in [2.05, 4.69) is 10.6 Å². The van der Waals surface area contributed by atoms with Crippen LogP contribution in [0.5, 0.6) is 5.75 Å². The summed E-state index contributed by atoms with van der Waals surface area (Å²) in [4.78, 5) is 24.8. The summed E-state index contributed by atoms with van der Waals surface area (Å²) in [5, 5.41) is 15.2. The Kier molecular flexibility index (Phi) is 6.09. The van der Waals surface area contributed by atoms with E-state index in [1.54, 1.807) is 48.5 Å². The number of amides is 2. The van der Waals surface area contributed by atoms with Crippen molar-refractivity contribution in [3.63, 3.8) is 0 Å². The van der Waals surface area contributed by atoms with E-state index in [0.29, 0.717) is 16.9 Å². The molecule has 0 aliphatic heterocycles. The van der Waals surface area contributed by atoms with Crippen molar-refractivity contribution >= 4 is 58.0 Å². The van der Waals surface area contributed by atoms with Gasteiger partial charge in [0.2, 0.25) is 0 Å². The van der Waals surface area contributed by atoms with Gasteiger partial charge >= 0.3 is 0 Å². The van der Waals surface area contributed by atoms with Gasteiger partial charge in [-0.25, -0.2) is 0 Å². The summed E-state index contributed by atoms with van der Waals surface area (Å²) in [6, 6.07) is 16.5. The molecule has 0 saturated heterocycles. The summed E-state index contributed by atoms with van der Waals surface area (Å²) in [6.45, 7) is 0. The van der Waals surface area contributed by atoms with Gasteiger partial charge in [-0.1, -0.05) is 59.1 Å². The molecule has 0 atom stereocenters. The molecular formula is C20H13Cl3N2O3. The van der Waals surface area contributed by atoms with Crippen LogP contribution in [0, 0.1) is 0 Å². The van der Waals surface area contributed by atoms with Crippen LogP contribution in [0.25, 0.3) is 0 Å². The van der Waals surface area contributed by atoms with Crippen LogP contribution in [0.4, 0.5) is 11.4 Å².